The zero-order chi connectivity index (χ0) is 21.1. The van der Waals surface area contributed by atoms with Crippen LogP contribution in [0.5, 0.6) is 0 Å². The quantitative estimate of drug-likeness (QED) is 0.541. The van der Waals surface area contributed by atoms with Gasteiger partial charge in [-0.15, -0.1) is 22.7 Å². The highest BCUT2D eigenvalue weighted by Gasteiger charge is 2.39. The second kappa shape index (κ2) is 8.50. The molecule has 0 unspecified atom stereocenters. The van der Waals surface area contributed by atoms with Crippen LogP contribution >= 0.6 is 22.7 Å². The average Bonchev–Trinajstić information content (AvgIpc) is 3.46. The van der Waals surface area contributed by atoms with Gasteiger partial charge in [0.25, 0.3) is 5.91 Å². The van der Waals surface area contributed by atoms with Crippen LogP contribution in [0.15, 0.2) is 41.2 Å². The van der Waals surface area contributed by atoms with Crippen molar-refractivity contribution in [2.45, 2.75) is 18.4 Å². The number of likely N-dealkylation sites (N-methyl/N-ethyl adjacent to an activating group) is 1. The van der Waals surface area contributed by atoms with E-state index in [4.69, 9.17) is 5.73 Å². The number of rotatable bonds is 6. The molecule has 4 rings (SSSR count). The van der Waals surface area contributed by atoms with Crippen molar-refractivity contribution in [3.63, 3.8) is 0 Å². The predicted molar refractivity (Wildman–Crippen MR) is 120 cm³/mol. The zero-order valence-corrected chi connectivity index (χ0v) is 18.1. The third kappa shape index (κ3) is 3.93. The highest BCUT2D eigenvalue weighted by Crippen LogP contribution is 2.31. The second-order valence-corrected chi connectivity index (χ2v) is 8.83. The fourth-order valence-electron chi connectivity index (χ4n) is 3.54. The van der Waals surface area contributed by atoms with Crippen LogP contribution in [0.1, 0.15) is 23.3 Å². The summed E-state index contributed by atoms with van der Waals surface area (Å²) >= 11 is 3.04. The number of nitrogens with zero attached hydrogens (tertiary/aromatic N) is 3. The van der Waals surface area contributed by atoms with E-state index in [1.807, 2.05) is 23.6 Å². The third-order valence-electron chi connectivity index (χ3n) is 5.37. The molecule has 1 aliphatic rings. The second-order valence-electron chi connectivity index (χ2n) is 7.03. The molecule has 1 aliphatic heterocycles. The van der Waals surface area contributed by atoms with Gasteiger partial charge in [0.1, 0.15) is 16.2 Å². The normalized spacial score (nSPS) is 15.7. The van der Waals surface area contributed by atoms with Gasteiger partial charge in [0, 0.05) is 24.7 Å². The highest BCUT2D eigenvalue weighted by atomic mass is 32.1. The molecule has 3 aromatic heterocycles. The molecule has 8 nitrogen and oxygen atoms in total. The Balaban J connectivity index is 1.49. The Hall–Kier alpha value is -2.82. The first-order valence-electron chi connectivity index (χ1n) is 9.52. The number of amides is 2. The van der Waals surface area contributed by atoms with E-state index in [0.29, 0.717) is 43.1 Å². The van der Waals surface area contributed by atoms with Gasteiger partial charge in [-0.3, -0.25) is 9.59 Å². The maximum Gasteiger partial charge on any atom is 0.275 e. The number of pyridine rings is 1. The van der Waals surface area contributed by atoms with Gasteiger partial charge in [0.2, 0.25) is 5.91 Å². The van der Waals surface area contributed by atoms with E-state index in [-0.39, 0.29) is 11.8 Å². The maximum atomic E-state index is 12.8. The number of piperidine rings is 1. The minimum atomic E-state index is -0.701. The number of hydrogen-bond acceptors (Lipinski definition) is 8. The van der Waals surface area contributed by atoms with Crippen LogP contribution in [0.3, 0.4) is 0 Å². The molecule has 0 aromatic carbocycles. The highest BCUT2D eigenvalue weighted by molar-refractivity contribution is 7.20. The Labute approximate surface area is 182 Å². The molecule has 0 atom stereocenters. The number of carbonyl (C=O) groups is 2. The number of anilines is 2. The van der Waals surface area contributed by atoms with Crippen molar-refractivity contribution >= 4 is 46.0 Å². The van der Waals surface area contributed by atoms with E-state index in [9.17, 15) is 9.59 Å². The Morgan fingerprint density at radius 1 is 1.20 bits per heavy atom. The number of aromatic nitrogens is 2. The molecule has 156 valence electrons. The number of carbonyl (C=O) groups excluding carboxylic acids is 2. The van der Waals surface area contributed by atoms with Crippen LogP contribution in [0.2, 0.25) is 0 Å². The van der Waals surface area contributed by atoms with Gasteiger partial charge >= 0.3 is 0 Å². The molecule has 0 radical (unpaired) electrons. The number of hydrogen-bond donors (Lipinski definition) is 3. The molecular formula is C20H22N6O2S2. The van der Waals surface area contributed by atoms with Crippen molar-refractivity contribution in [2.24, 2.45) is 5.73 Å². The van der Waals surface area contributed by atoms with E-state index in [0.717, 1.165) is 9.88 Å². The molecule has 0 bridgehead atoms. The molecule has 4 N–H and O–H groups in total. The van der Waals surface area contributed by atoms with E-state index in [1.54, 1.807) is 36.0 Å². The lowest BCUT2D eigenvalue weighted by atomic mass is 9.87. The number of nitrogens with two attached hydrogens (primary N) is 1. The Bertz CT molecular complexity index is 1040. The summed E-state index contributed by atoms with van der Waals surface area (Å²) in [6.45, 7) is 1.20. The van der Waals surface area contributed by atoms with Gasteiger partial charge in [-0.25, -0.2) is 9.97 Å². The molecule has 30 heavy (non-hydrogen) atoms. The molecule has 10 heteroatoms. The number of thiophene rings is 1. The third-order valence-corrected chi connectivity index (χ3v) is 7.25. The summed E-state index contributed by atoms with van der Waals surface area (Å²) in [7, 11) is 1.76. The number of nitrogens with one attached hydrogen (secondary N) is 2. The first-order chi connectivity index (χ1) is 14.5. The molecule has 0 aliphatic carbocycles. The standard InChI is InChI=1S/C20H22N6O2S2/c1-22-20(19(21)28)6-9-26(10-7-20)16-13(4-2-8-23-16)24-17(27)14-12-30-18(25-14)15-5-3-11-29-15/h2-5,8,11-12,22H,6-7,9-10H2,1H3,(H2,21,28)(H,24,27). The predicted octanol–water partition coefficient (Wildman–Crippen LogP) is 2.56. The van der Waals surface area contributed by atoms with Gasteiger partial charge in [0.15, 0.2) is 5.82 Å². The van der Waals surface area contributed by atoms with Gasteiger partial charge in [-0.05, 0) is 43.5 Å². The smallest absolute Gasteiger partial charge is 0.275 e. The lowest BCUT2D eigenvalue weighted by Crippen LogP contribution is -2.59. The van der Waals surface area contributed by atoms with Crippen LogP contribution < -0.4 is 21.3 Å². The number of thiazole rings is 1. The van der Waals surface area contributed by atoms with E-state index < -0.39 is 5.54 Å². The lowest BCUT2D eigenvalue weighted by molar-refractivity contribution is -0.125. The summed E-state index contributed by atoms with van der Waals surface area (Å²) < 4.78 is 0. The number of primary amides is 1. The monoisotopic (exact) mass is 442 g/mol. The fraction of sp³-hybridized carbons (Fsp3) is 0.300. The van der Waals surface area contributed by atoms with Crippen LogP contribution in [0.4, 0.5) is 11.5 Å². The molecule has 1 saturated heterocycles. The van der Waals surface area contributed by atoms with Gasteiger partial charge in [-0.2, -0.15) is 0 Å². The zero-order valence-electron chi connectivity index (χ0n) is 16.4. The molecule has 4 heterocycles. The van der Waals surface area contributed by atoms with Crippen molar-refractivity contribution < 1.29 is 9.59 Å². The van der Waals surface area contributed by atoms with Crippen molar-refractivity contribution in [1.82, 2.24) is 15.3 Å². The summed E-state index contributed by atoms with van der Waals surface area (Å²) in [5, 5.41) is 10.6. The molecule has 3 aromatic rings. The van der Waals surface area contributed by atoms with Gasteiger partial charge in [0.05, 0.1) is 10.6 Å². The largest absolute Gasteiger partial charge is 0.368 e. The minimum absolute atomic E-state index is 0.276. The van der Waals surface area contributed by atoms with Crippen LogP contribution in [-0.2, 0) is 4.79 Å². The van der Waals surface area contributed by atoms with Crippen molar-refractivity contribution in [3.05, 3.63) is 46.9 Å². The molecule has 0 saturated carbocycles. The Kier molecular flexibility index (Phi) is 5.80. The van der Waals surface area contributed by atoms with E-state index in [1.165, 1.54) is 11.3 Å². The van der Waals surface area contributed by atoms with Gasteiger partial charge in [-0.1, -0.05) is 6.07 Å². The molecular weight excluding hydrogens is 420 g/mol. The van der Waals surface area contributed by atoms with E-state index >= 15 is 0 Å². The molecule has 2 amide bonds. The Morgan fingerprint density at radius 2 is 2.00 bits per heavy atom. The summed E-state index contributed by atoms with van der Waals surface area (Å²) in [6, 6.07) is 7.55. The van der Waals surface area contributed by atoms with Crippen LogP contribution in [-0.4, -0.2) is 47.5 Å². The molecule has 0 spiro atoms. The first kappa shape index (κ1) is 20.5. The van der Waals surface area contributed by atoms with E-state index in [2.05, 4.69) is 25.5 Å². The van der Waals surface area contributed by atoms with Gasteiger partial charge < -0.3 is 21.3 Å². The SMILES string of the molecule is CNC1(C(N)=O)CCN(c2ncccc2NC(=O)c2csc(-c3cccs3)n2)CC1. The summed E-state index contributed by atoms with van der Waals surface area (Å²) in [4.78, 5) is 36.7. The summed E-state index contributed by atoms with van der Waals surface area (Å²) in [6.07, 6.45) is 2.83. The topological polar surface area (TPSA) is 113 Å². The average molecular weight is 443 g/mol. The summed E-state index contributed by atoms with van der Waals surface area (Å²) in [5.41, 5.74) is 5.89. The Morgan fingerprint density at radius 3 is 2.67 bits per heavy atom. The maximum absolute atomic E-state index is 12.8. The first-order valence-corrected chi connectivity index (χ1v) is 11.3. The molecule has 1 fully saturated rings. The lowest BCUT2D eigenvalue weighted by Gasteiger charge is -2.40. The minimum Gasteiger partial charge on any atom is -0.368 e. The van der Waals surface area contributed by atoms with Crippen molar-refractivity contribution in [1.29, 1.82) is 0 Å². The van der Waals surface area contributed by atoms with Crippen molar-refractivity contribution in [3.8, 4) is 9.88 Å². The van der Waals surface area contributed by atoms with Crippen LogP contribution in [0, 0.1) is 0 Å². The van der Waals surface area contributed by atoms with Crippen LogP contribution in [0.25, 0.3) is 9.88 Å². The summed E-state index contributed by atoms with van der Waals surface area (Å²) in [5.74, 6) is 0.0556. The fourth-order valence-corrected chi connectivity index (χ4v) is 5.16. The van der Waals surface area contributed by atoms with Crippen molar-refractivity contribution in [2.75, 3.05) is 30.4 Å².